The molecule has 3 aromatic carbocycles. The van der Waals surface area contributed by atoms with E-state index in [-0.39, 0.29) is 12.3 Å². The molecule has 3 N–H and O–H groups in total. The number of nitrogens with one attached hydrogen (secondary N) is 1. The van der Waals surface area contributed by atoms with Crippen molar-refractivity contribution in [3.63, 3.8) is 0 Å². The number of alkyl halides is 2. The number of rotatable bonds is 8. The number of urea groups is 1. The molecule has 0 aliphatic carbocycles. The molecule has 9 heteroatoms. The van der Waals surface area contributed by atoms with Crippen molar-refractivity contribution >= 4 is 46.3 Å². The van der Waals surface area contributed by atoms with Crippen LogP contribution in [0.3, 0.4) is 0 Å². The van der Waals surface area contributed by atoms with Crippen LogP contribution in [0.1, 0.15) is 30.5 Å². The highest BCUT2D eigenvalue weighted by Crippen LogP contribution is 2.35. The van der Waals surface area contributed by atoms with Crippen LogP contribution in [0.25, 0.3) is 0 Å². The molecule has 0 aliphatic heterocycles. The molecule has 0 radical (unpaired) electrons. The van der Waals surface area contributed by atoms with Gasteiger partial charge in [0, 0.05) is 21.4 Å². The lowest BCUT2D eigenvalue weighted by atomic mass is 10.0. The summed E-state index contributed by atoms with van der Waals surface area (Å²) in [5.41, 5.74) is 10.1. The first-order valence-electron chi connectivity index (χ1n) is 10.7. The van der Waals surface area contributed by atoms with Crippen molar-refractivity contribution in [2.75, 3.05) is 16.0 Å². The average Bonchev–Trinajstić information content (AvgIpc) is 2.79. The summed E-state index contributed by atoms with van der Waals surface area (Å²) in [5, 5.41) is 4.03. The fourth-order valence-corrected chi connectivity index (χ4v) is 4.14. The number of hydrogen-bond acceptors (Lipinski definition) is 3. The van der Waals surface area contributed by atoms with Gasteiger partial charge in [-0.2, -0.15) is 8.78 Å². The first-order valence-corrected chi connectivity index (χ1v) is 11.5. The molecule has 180 valence electrons. The van der Waals surface area contributed by atoms with Crippen molar-refractivity contribution in [3.8, 4) is 5.75 Å². The fourth-order valence-electron chi connectivity index (χ4n) is 3.67. The van der Waals surface area contributed by atoms with Crippen LogP contribution in [0.15, 0.2) is 54.6 Å². The van der Waals surface area contributed by atoms with E-state index in [0.717, 1.165) is 16.7 Å². The highest BCUT2D eigenvalue weighted by molar-refractivity contribution is 6.32. The van der Waals surface area contributed by atoms with Gasteiger partial charge in [-0.15, -0.1) is 0 Å². The molecule has 0 aromatic heterocycles. The number of hydrogen-bond donors (Lipinski definition) is 2. The molecule has 5 nitrogen and oxygen atoms in total. The first kappa shape index (κ1) is 25.6. The number of amides is 2. The zero-order valence-electron chi connectivity index (χ0n) is 18.7. The topological polar surface area (TPSA) is 67.6 Å². The monoisotopic (exact) mass is 507 g/mol. The van der Waals surface area contributed by atoms with Crippen LogP contribution in [0.5, 0.6) is 5.75 Å². The Morgan fingerprint density at radius 2 is 1.65 bits per heavy atom. The minimum atomic E-state index is -2.94. The van der Waals surface area contributed by atoms with Gasteiger partial charge >= 0.3 is 12.6 Å². The van der Waals surface area contributed by atoms with E-state index in [2.05, 4.69) is 10.1 Å². The van der Waals surface area contributed by atoms with Gasteiger partial charge in [0.05, 0.1) is 12.2 Å². The Kier molecular flexibility index (Phi) is 8.58. The lowest BCUT2D eigenvalue weighted by Crippen LogP contribution is -2.35. The van der Waals surface area contributed by atoms with Gasteiger partial charge in [-0.05, 0) is 72.0 Å². The Hall–Kier alpha value is -3.03. The summed E-state index contributed by atoms with van der Waals surface area (Å²) in [6, 6.07) is 14.2. The molecule has 0 heterocycles. The van der Waals surface area contributed by atoms with Crippen molar-refractivity contribution in [2.24, 2.45) is 0 Å². The van der Waals surface area contributed by atoms with E-state index in [0.29, 0.717) is 39.9 Å². The molecule has 0 saturated carbocycles. The summed E-state index contributed by atoms with van der Waals surface area (Å²) in [5.74, 6) is -0.00486. The van der Waals surface area contributed by atoms with Gasteiger partial charge in [-0.3, -0.25) is 4.90 Å². The molecule has 0 saturated heterocycles. The molecule has 0 spiro atoms. The average molecular weight is 508 g/mol. The van der Waals surface area contributed by atoms with Crippen LogP contribution in [-0.2, 0) is 19.4 Å². The summed E-state index contributed by atoms with van der Waals surface area (Å²) in [6.07, 6.45) is 1.20. The highest BCUT2D eigenvalue weighted by atomic mass is 35.5. The first-order chi connectivity index (χ1) is 16.2. The van der Waals surface area contributed by atoms with Gasteiger partial charge in [-0.25, -0.2) is 4.79 Å². The van der Waals surface area contributed by atoms with Crippen LogP contribution in [0, 0.1) is 0 Å². The number of anilines is 3. The molecule has 0 fully saturated rings. The smallest absolute Gasteiger partial charge is 0.387 e. The molecule has 3 rings (SSSR count). The Morgan fingerprint density at radius 1 is 1.03 bits per heavy atom. The van der Waals surface area contributed by atoms with E-state index in [1.807, 2.05) is 26.0 Å². The van der Waals surface area contributed by atoms with E-state index in [9.17, 15) is 13.6 Å². The van der Waals surface area contributed by atoms with Crippen molar-refractivity contribution in [1.29, 1.82) is 0 Å². The number of ether oxygens (including phenoxy) is 1. The minimum Gasteiger partial charge on any atom is -0.435 e. The third-order valence-corrected chi connectivity index (χ3v) is 5.92. The Labute approximate surface area is 207 Å². The maximum atomic E-state index is 13.6. The summed E-state index contributed by atoms with van der Waals surface area (Å²) in [7, 11) is 0. The number of nitrogen functional groups attached to an aromatic ring is 1. The van der Waals surface area contributed by atoms with E-state index in [4.69, 9.17) is 28.9 Å². The van der Waals surface area contributed by atoms with Crippen molar-refractivity contribution in [1.82, 2.24) is 0 Å². The minimum absolute atomic E-state index is 0.00486. The molecule has 3 aromatic rings. The van der Waals surface area contributed by atoms with Crippen molar-refractivity contribution < 1.29 is 18.3 Å². The molecular weight excluding hydrogens is 483 g/mol. The van der Waals surface area contributed by atoms with Crippen LogP contribution in [0.4, 0.5) is 30.6 Å². The Bertz CT molecular complexity index is 1110. The lowest BCUT2D eigenvalue weighted by Gasteiger charge is -2.26. The molecule has 0 aliphatic rings. The SMILES string of the molecule is CCc1c(N)cc(Cl)c(CC)c1NC(=O)N(Cc1ccc(Cl)cc1)c1ccc(OC(F)F)cc1. The summed E-state index contributed by atoms with van der Waals surface area (Å²) in [6.45, 7) is 1.16. The van der Waals surface area contributed by atoms with Crippen LogP contribution in [-0.4, -0.2) is 12.6 Å². The zero-order valence-corrected chi connectivity index (χ0v) is 20.3. The molecular formula is C25H25Cl2F2N3O2. The molecule has 2 amide bonds. The van der Waals surface area contributed by atoms with Crippen LogP contribution < -0.4 is 20.7 Å². The summed E-state index contributed by atoms with van der Waals surface area (Å²) < 4.78 is 29.5. The molecule has 34 heavy (non-hydrogen) atoms. The van der Waals surface area contributed by atoms with Gasteiger partial charge in [0.1, 0.15) is 5.75 Å². The van der Waals surface area contributed by atoms with Gasteiger partial charge < -0.3 is 15.8 Å². The Balaban J connectivity index is 1.99. The third-order valence-electron chi connectivity index (χ3n) is 5.33. The second kappa shape index (κ2) is 11.4. The zero-order chi connectivity index (χ0) is 24.8. The van der Waals surface area contributed by atoms with E-state index >= 15 is 0 Å². The number of benzene rings is 3. The Morgan fingerprint density at radius 3 is 2.21 bits per heavy atom. The lowest BCUT2D eigenvalue weighted by molar-refractivity contribution is -0.0498. The standard InChI is InChI=1S/C25H25Cl2F2N3O2/c1-3-19-21(27)13-22(30)20(4-2)23(19)31-25(33)32(14-15-5-7-16(26)8-6-15)17-9-11-18(12-10-17)34-24(28)29/h5-13,24H,3-4,14,30H2,1-2H3,(H,31,33). The van der Waals surface area contributed by atoms with E-state index in [1.54, 1.807) is 30.3 Å². The number of nitrogens with zero attached hydrogens (tertiary/aromatic N) is 1. The predicted octanol–water partition coefficient (Wildman–Crippen LogP) is 7.54. The summed E-state index contributed by atoms with van der Waals surface area (Å²) >= 11 is 12.4. The maximum Gasteiger partial charge on any atom is 0.387 e. The van der Waals surface area contributed by atoms with Gasteiger partial charge in [-0.1, -0.05) is 49.2 Å². The van der Waals surface area contributed by atoms with Crippen molar-refractivity contribution in [3.05, 3.63) is 81.3 Å². The molecule has 0 unspecified atom stereocenters. The third kappa shape index (κ3) is 6.10. The number of halogens is 4. The summed E-state index contributed by atoms with van der Waals surface area (Å²) in [4.78, 5) is 15.1. The normalized spacial score (nSPS) is 10.9. The van der Waals surface area contributed by atoms with Crippen LogP contribution in [0.2, 0.25) is 10.0 Å². The molecule has 0 atom stereocenters. The van der Waals surface area contributed by atoms with E-state index in [1.165, 1.54) is 17.0 Å². The highest BCUT2D eigenvalue weighted by Gasteiger charge is 2.22. The van der Waals surface area contributed by atoms with Gasteiger partial charge in [0.2, 0.25) is 0 Å². The van der Waals surface area contributed by atoms with Crippen LogP contribution >= 0.6 is 23.2 Å². The second-order valence-electron chi connectivity index (χ2n) is 7.50. The maximum absolute atomic E-state index is 13.6. The fraction of sp³-hybridized carbons (Fsp3) is 0.240. The van der Waals surface area contributed by atoms with Gasteiger partial charge in [0.15, 0.2) is 0 Å². The molecule has 0 bridgehead atoms. The largest absolute Gasteiger partial charge is 0.435 e. The van der Waals surface area contributed by atoms with Crippen molar-refractivity contribution in [2.45, 2.75) is 39.8 Å². The van der Waals surface area contributed by atoms with E-state index < -0.39 is 12.6 Å². The van der Waals surface area contributed by atoms with Gasteiger partial charge in [0.25, 0.3) is 0 Å². The number of carbonyl (C=O) groups excluding carboxylic acids is 1. The number of nitrogens with two attached hydrogens (primary N) is 1. The predicted molar refractivity (Wildman–Crippen MR) is 134 cm³/mol. The second-order valence-corrected chi connectivity index (χ2v) is 8.35. The quantitative estimate of drug-likeness (QED) is 0.309. The number of carbonyl (C=O) groups is 1.